The zero-order valence-electron chi connectivity index (χ0n) is 13.0. The topological polar surface area (TPSA) is 26.0 Å². The summed E-state index contributed by atoms with van der Waals surface area (Å²) in [5, 5.41) is 0. The van der Waals surface area contributed by atoms with Gasteiger partial charge in [0.1, 0.15) is 0 Å². The first-order chi connectivity index (χ1) is 8.36. The van der Waals surface area contributed by atoms with Crippen LogP contribution < -0.4 is 5.73 Å². The van der Waals surface area contributed by atoms with Crippen molar-refractivity contribution in [3.8, 4) is 0 Å². The molecule has 4 atom stereocenters. The van der Waals surface area contributed by atoms with Gasteiger partial charge in [0.25, 0.3) is 0 Å². The van der Waals surface area contributed by atoms with E-state index in [0.717, 1.165) is 17.8 Å². The predicted molar refractivity (Wildman–Crippen MR) is 79.5 cm³/mol. The second-order valence-corrected chi connectivity index (χ2v) is 8.15. The van der Waals surface area contributed by atoms with Crippen molar-refractivity contribution in [3.63, 3.8) is 0 Å². The Labute approximate surface area is 114 Å². The van der Waals surface area contributed by atoms with Crippen LogP contribution in [0, 0.1) is 23.2 Å². The Morgan fingerprint density at radius 2 is 1.78 bits per heavy atom. The molecule has 0 saturated heterocycles. The molecule has 0 amide bonds. The van der Waals surface area contributed by atoms with Gasteiger partial charge >= 0.3 is 0 Å². The Bertz CT molecular complexity index is 283. The standard InChI is InChI=1S/C17H33N/c1-5-14-8-6-7-9-15(14)17(18)11-13(2)10-16(3,4)12-17/h13-15H,5-12,18H2,1-4H3. The molecule has 2 rings (SSSR count). The molecular formula is C17H33N. The third-order valence-electron chi connectivity index (χ3n) is 5.61. The molecule has 0 aliphatic heterocycles. The number of rotatable bonds is 2. The Kier molecular flexibility index (Phi) is 4.11. The fraction of sp³-hybridized carbons (Fsp3) is 1.00. The number of hydrogen-bond donors (Lipinski definition) is 1. The molecule has 0 aromatic rings. The summed E-state index contributed by atoms with van der Waals surface area (Å²) in [5.41, 5.74) is 7.54. The van der Waals surface area contributed by atoms with Gasteiger partial charge in [-0.3, -0.25) is 0 Å². The van der Waals surface area contributed by atoms with Crippen molar-refractivity contribution in [1.29, 1.82) is 0 Å². The lowest BCUT2D eigenvalue weighted by Crippen LogP contribution is -2.56. The Morgan fingerprint density at radius 3 is 2.39 bits per heavy atom. The van der Waals surface area contributed by atoms with Gasteiger partial charge in [-0.15, -0.1) is 0 Å². The van der Waals surface area contributed by atoms with Crippen LogP contribution in [0.25, 0.3) is 0 Å². The van der Waals surface area contributed by atoms with Gasteiger partial charge in [0.05, 0.1) is 0 Å². The highest BCUT2D eigenvalue weighted by molar-refractivity contribution is 5.02. The molecule has 0 aromatic carbocycles. The monoisotopic (exact) mass is 251 g/mol. The molecule has 106 valence electrons. The number of nitrogens with two attached hydrogens (primary N) is 1. The third kappa shape index (κ3) is 2.92. The van der Waals surface area contributed by atoms with Crippen LogP contribution in [0.2, 0.25) is 0 Å². The van der Waals surface area contributed by atoms with Crippen molar-refractivity contribution in [2.75, 3.05) is 0 Å². The van der Waals surface area contributed by atoms with Gasteiger partial charge in [0.15, 0.2) is 0 Å². The Balaban J connectivity index is 2.17. The fourth-order valence-electron chi connectivity index (χ4n) is 5.44. The maximum atomic E-state index is 6.97. The van der Waals surface area contributed by atoms with E-state index in [-0.39, 0.29) is 5.54 Å². The molecule has 2 saturated carbocycles. The van der Waals surface area contributed by atoms with Gasteiger partial charge in [0.2, 0.25) is 0 Å². The van der Waals surface area contributed by atoms with Gasteiger partial charge in [0, 0.05) is 5.54 Å². The van der Waals surface area contributed by atoms with Gasteiger partial charge < -0.3 is 5.73 Å². The van der Waals surface area contributed by atoms with Crippen LogP contribution in [0.1, 0.15) is 79.1 Å². The minimum absolute atomic E-state index is 0.127. The zero-order valence-corrected chi connectivity index (χ0v) is 13.0. The van der Waals surface area contributed by atoms with E-state index in [0.29, 0.717) is 5.41 Å². The first kappa shape index (κ1) is 14.4. The highest BCUT2D eigenvalue weighted by Crippen LogP contribution is 2.50. The Hall–Kier alpha value is -0.0400. The minimum Gasteiger partial charge on any atom is -0.325 e. The van der Waals surface area contributed by atoms with Crippen molar-refractivity contribution in [2.24, 2.45) is 28.9 Å². The van der Waals surface area contributed by atoms with Crippen LogP contribution in [0.15, 0.2) is 0 Å². The van der Waals surface area contributed by atoms with Crippen LogP contribution in [0.5, 0.6) is 0 Å². The Morgan fingerprint density at radius 1 is 1.11 bits per heavy atom. The van der Waals surface area contributed by atoms with E-state index in [2.05, 4.69) is 27.7 Å². The van der Waals surface area contributed by atoms with Crippen molar-refractivity contribution in [3.05, 3.63) is 0 Å². The maximum Gasteiger partial charge on any atom is 0.0193 e. The van der Waals surface area contributed by atoms with Crippen molar-refractivity contribution in [1.82, 2.24) is 0 Å². The zero-order chi connectivity index (χ0) is 13.4. The van der Waals surface area contributed by atoms with Crippen molar-refractivity contribution >= 4 is 0 Å². The minimum atomic E-state index is 0.127. The predicted octanol–water partition coefficient (Wildman–Crippen LogP) is 4.75. The van der Waals surface area contributed by atoms with Crippen molar-refractivity contribution in [2.45, 2.75) is 84.6 Å². The molecular weight excluding hydrogens is 218 g/mol. The summed E-state index contributed by atoms with van der Waals surface area (Å²) in [6.07, 6.45) is 10.8. The molecule has 4 unspecified atom stereocenters. The summed E-state index contributed by atoms with van der Waals surface area (Å²) in [4.78, 5) is 0. The molecule has 0 bridgehead atoms. The van der Waals surface area contributed by atoms with E-state index in [1.165, 1.54) is 51.4 Å². The van der Waals surface area contributed by atoms with Gasteiger partial charge in [-0.2, -0.15) is 0 Å². The lowest BCUT2D eigenvalue weighted by molar-refractivity contribution is 0.0243. The van der Waals surface area contributed by atoms with E-state index >= 15 is 0 Å². The second-order valence-electron chi connectivity index (χ2n) is 8.15. The van der Waals surface area contributed by atoms with Gasteiger partial charge in [-0.25, -0.2) is 0 Å². The summed E-state index contributed by atoms with van der Waals surface area (Å²) in [5.74, 6) is 2.49. The van der Waals surface area contributed by atoms with Gasteiger partial charge in [-0.1, -0.05) is 53.4 Å². The largest absolute Gasteiger partial charge is 0.325 e. The molecule has 18 heavy (non-hydrogen) atoms. The van der Waals surface area contributed by atoms with E-state index in [1.807, 2.05) is 0 Å². The fourth-order valence-corrected chi connectivity index (χ4v) is 5.44. The molecule has 0 spiro atoms. The van der Waals surface area contributed by atoms with Gasteiger partial charge in [-0.05, 0) is 48.9 Å². The van der Waals surface area contributed by atoms with Crippen LogP contribution in [-0.2, 0) is 0 Å². The highest BCUT2D eigenvalue weighted by atomic mass is 14.8. The third-order valence-corrected chi connectivity index (χ3v) is 5.61. The summed E-state index contributed by atoms with van der Waals surface area (Å²) >= 11 is 0. The smallest absolute Gasteiger partial charge is 0.0193 e. The van der Waals surface area contributed by atoms with E-state index in [1.54, 1.807) is 0 Å². The molecule has 2 aliphatic carbocycles. The molecule has 0 radical (unpaired) electrons. The SMILES string of the molecule is CCC1CCCCC1C1(N)CC(C)CC(C)(C)C1. The number of hydrogen-bond acceptors (Lipinski definition) is 1. The van der Waals surface area contributed by atoms with E-state index in [9.17, 15) is 0 Å². The lowest BCUT2D eigenvalue weighted by atomic mass is 9.56. The van der Waals surface area contributed by atoms with E-state index < -0.39 is 0 Å². The average Bonchev–Trinajstić information content (AvgIpc) is 2.25. The molecule has 1 nitrogen and oxygen atoms in total. The van der Waals surface area contributed by atoms with Crippen LogP contribution in [0.4, 0.5) is 0 Å². The highest BCUT2D eigenvalue weighted by Gasteiger charge is 2.47. The van der Waals surface area contributed by atoms with E-state index in [4.69, 9.17) is 5.73 Å². The molecule has 2 fully saturated rings. The summed E-state index contributed by atoms with van der Waals surface area (Å²) < 4.78 is 0. The summed E-state index contributed by atoms with van der Waals surface area (Å²) in [6, 6.07) is 0. The summed E-state index contributed by atoms with van der Waals surface area (Å²) in [6.45, 7) is 9.62. The molecule has 0 heterocycles. The lowest BCUT2D eigenvalue weighted by Gasteiger charge is -2.52. The molecule has 0 aromatic heterocycles. The van der Waals surface area contributed by atoms with Crippen LogP contribution in [0.3, 0.4) is 0 Å². The quantitative estimate of drug-likeness (QED) is 0.753. The maximum absolute atomic E-state index is 6.97. The molecule has 2 N–H and O–H groups in total. The van der Waals surface area contributed by atoms with Crippen LogP contribution >= 0.6 is 0 Å². The normalized spacial score (nSPS) is 44.8. The molecule has 1 heteroatoms. The first-order valence-corrected chi connectivity index (χ1v) is 8.15. The first-order valence-electron chi connectivity index (χ1n) is 8.15. The average molecular weight is 251 g/mol. The second kappa shape index (κ2) is 5.15. The van der Waals surface area contributed by atoms with Crippen molar-refractivity contribution < 1.29 is 0 Å². The summed E-state index contributed by atoms with van der Waals surface area (Å²) in [7, 11) is 0. The molecule has 2 aliphatic rings. The van der Waals surface area contributed by atoms with Crippen LogP contribution in [-0.4, -0.2) is 5.54 Å².